The molecule has 0 bridgehead atoms. The molecular weight excluding hydrogens is 197 g/mol. The molecule has 0 atom stereocenters. The van der Waals surface area contributed by atoms with Gasteiger partial charge in [0, 0.05) is 0 Å². The first-order valence-electron chi connectivity index (χ1n) is 3.51. The van der Waals surface area contributed by atoms with Crippen LogP contribution in [0.3, 0.4) is 0 Å². The molecule has 1 rings (SSSR count). The molecule has 0 spiro atoms. The largest absolute Gasteiger partial charge is 0.469 e. The molecule has 13 heavy (non-hydrogen) atoms. The van der Waals surface area contributed by atoms with Crippen molar-refractivity contribution in [2.24, 2.45) is 0 Å². The summed E-state index contributed by atoms with van der Waals surface area (Å²) < 4.78 is 17.0. The predicted molar refractivity (Wildman–Crippen MR) is 44.9 cm³/mol. The minimum atomic E-state index is -0.602. The quantitative estimate of drug-likeness (QED) is 0.541. The van der Waals surface area contributed by atoms with Gasteiger partial charge in [0.25, 0.3) is 0 Å². The van der Waals surface area contributed by atoms with Crippen molar-refractivity contribution in [1.29, 1.82) is 0 Å². The van der Waals surface area contributed by atoms with Gasteiger partial charge in [0.1, 0.15) is 0 Å². The molecular formula is C8H7ClFNO2. The molecule has 5 heteroatoms. The van der Waals surface area contributed by atoms with Gasteiger partial charge in [-0.3, -0.25) is 4.79 Å². The Morgan fingerprint density at radius 3 is 2.92 bits per heavy atom. The second-order valence-electron chi connectivity index (χ2n) is 2.33. The Hall–Kier alpha value is -1.16. The minimum absolute atomic E-state index is 0.00347. The van der Waals surface area contributed by atoms with Gasteiger partial charge in [-0.15, -0.1) is 0 Å². The fraction of sp³-hybridized carbons (Fsp3) is 0.250. The highest BCUT2D eigenvalue weighted by atomic mass is 35.5. The summed E-state index contributed by atoms with van der Waals surface area (Å²) in [6, 6.07) is 2.55. The second kappa shape index (κ2) is 4.18. The number of methoxy groups -OCH3 is 1. The van der Waals surface area contributed by atoms with E-state index in [1.807, 2.05) is 0 Å². The Kier molecular flexibility index (Phi) is 3.19. The molecule has 0 unspecified atom stereocenters. The number of ether oxygens (including phenoxy) is 1. The van der Waals surface area contributed by atoms with Gasteiger partial charge in [-0.2, -0.15) is 0 Å². The number of hydrogen-bond donors (Lipinski definition) is 0. The van der Waals surface area contributed by atoms with Crippen LogP contribution in [-0.2, 0) is 16.0 Å². The maximum atomic E-state index is 12.6. The molecule has 0 aliphatic carbocycles. The van der Waals surface area contributed by atoms with Gasteiger partial charge in [0.15, 0.2) is 11.0 Å². The van der Waals surface area contributed by atoms with Gasteiger partial charge in [-0.25, -0.2) is 9.37 Å². The van der Waals surface area contributed by atoms with Gasteiger partial charge >= 0.3 is 5.97 Å². The van der Waals surface area contributed by atoms with E-state index in [2.05, 4.69) is 9.72 Å². The zero-order valence-electron chi connectivity index (χ0n) is 6.88. The third kappa shape index (κ3) is 2.66. The third-order valence-corrected chi connectivity index (χ3v) is 1.68. The first-order chi connectivity index (χ1) is 6.13. The lowest BCUT2D eigenvalue weighted by molar-refractivity contribution is -0.139. The fourth-order valence-corrected chi connectivity index (χ4v) is 0.945. The molecule has 3 nitrogen and oxygen atoms in total. The molecule has 0 saturated carbocycles. The van der Waals surface area contributed by atoms with Crippen molar-refractivity contribution in [3.8, 4) is 0 Å². The average Bonchev–Trinajstić information content (AvgIpc) is 2.11. The SMILES string of the molecule is COC(=O)Cc1ccc(F)c(Cl)n1. The molecule has 1 aromatic heterocycles. The van der Waals surface area contributed by atoms with E-state index in [0.717, 1.165) is 6.07 Å². The van der Waals surface area contributed by atoms with Crippen LogP contribution in [0.25, 0.3) is 0 Å². The summed E-state index contributed by atoms with van der Waals surface area (Å²) in [6.07, 6.45) is -0.00347. The van der Waals surface area contributed by atoms with Crippen LogP contribution in [0.15, 0.2) is 12.1 Å². The fourth-order valence-electron chi connectivity index (χ4n) is 0.773. The molecule has 0 fully saturated rings. The summed E-state index contributed by atoms with van der Waals surface area (Å²) in [6.45, 7) is 0. The van der Waals surface area contributed by atoms with E-state index in [1.165, 1.54) is 13.2 Å². The Labute approximate surface area is 79.5 Å². The van der Waals surface area contributed by atoms with E-state index in [1.54, 1.807) is 0 Å². The zero-order valence-corrected chi connectivity index (χ0v) is 7.64. The van der Waals surface area contributed by atoms with Crippen LogP contribution in [0, 0.1) is 5.82 Å². The lowest BCUT2D eigenvalue weighted by Gasteiger charge is -1.99. The first-order valence-corrected chi connectivity index (χ1v) is 3.89. The number of hydrogen-bond acceptors (Lipinski definition) is 3. The molecule has 1 aromatic rings. The van der Waals surface area contributed by atoms with E-state index >= 15 is 0 Å². The summed E-state index contributed by atoms with van der Waals surface area (Å²) in [5.74, 6) is -1.04. The topological polar surface area (TPSA) is 39.2 Å². The van der Waals surface area contributed by atoms with E-state index in [0.29, 0.717) is 5.69 Å². The number of halogens is 2. The van der Waals surface area contributed by atoms with Crippen molar-refractivity contribution in [1.82, 2.24) is 4.98 Å². The average molecular weight is 204 g/mol. The summed E-state index contributed by atoms with van der Waals surface area (Å²) in [4.78, 5) is 14.4. The molecule has 0 amide bonds. The number of carbonyl (C=O) groups is 1. The van der Waals surface area contributed by atoms with Crippen molar-refractivity contribution in [2.75, 3.05) is 7.11 Å². The highest BCUT2D eigenvalue weighted by Gasteiger charge is 2.06. The van der Waals surface area contributed by atoms with Gasteiger partial charge < -0.3 is 4.74 Å². The Bertz CT molecular complexity index is 330. The maximum absolute atomic E-state index is 12.6. The standard InChI is InChI=1S/C8H7ClFNO2/c1-13-7(12)4-5-2-3-6(10)8(9)11-5/h2-3H,4H2,1H3. The van der Waals surface area contributed by atoms with Crippen molar-refractivity contribution >= 4 is 17.6 Å². The molecule has 0 radical (unpaired) electrons. The summed E-state index contributed by atoms with van der Waals surface area (Å²) in [5, 5.41) is -0.235. The molecule has 0 aliphatic heterocycles. The van der Waals surface area contributed by atoms with Crippen LogP contribution in [-0.4, -0.2) is 18.1 Å². The van der Waals surface area contributed by atoms with Crippen LogP contribution >= 0.6 is 11.6 Å². The Balaban J connectivity index is 2.79. The molecule has 0 aromatic carbocycles. The monoisotopic (exact) mass is 203 g/mol. The molecule has 0 aliphatic rings. The molecule has 70 valence electrons. The molecule has 1 heterocycles. The highest BCUT2D eigenvalue weighted by Crippen LogP contribution is 2.11. The normalized spacial score (nSPS) is 9.77. The van der Waals surface area contributed by atoms with Crippen molar-refractivity contribution in [3.05, 3.63) is 28.8 Å². The van der Waals surface area contributed by atoms with Crippen molar-refractivity contribution in [3.63, 3.8) is 0 Å². The highest BCUT2D eigenvalue weighted by molar-refractivity contribution is 6.29. The van der Waals surface area contributed by atoms with Gasteiger partial charge in [-0.05, 0) is 12.1 Å². The van der Waals surface area contributed by atoms with E-state index in [-0.39, 0.29) is 11.6 Å². The number of rotatable bonds is 2. The van der Waals surface area contributed by atoms with Crippen LogP contribution in [0.4, 0.5) is 4.39 Å². The van der Waals surface area contributed by atoms with Gasteiger partial charge in [0.2, 0.25) is 0 Å². The number of aromatic nitrogens is 1. The smallest absolute Gasteiger partial charge is 0.311 e. The predicted octanol–water partition coefficient (Wildman–Crippen LogP) is 1.59. The van der Waals surface area contributed by atoms with Crippen molar-refractivity contribution in [2.45, 2.75) is 6.42 Å². The minimum Gasteiger partial charge on any atom is -0.469 e. The molecule has 0 N–H and O–H groups in total. The van der Waals surface area contributed by atoms with Crippen LogP contribution in [0.5, 0.6) is 0 Å². The summed E-state index contributed by atoms with van der Waals surface area (Å²) in [5.41, 5.74) is 0.387. The van der Waals surface area contributed by atoms with Crippen LogP contribution < -0.4 is 0 Å². The third-order valence-electron chi connectivity index (χ3n) is 1.41. The zero-order chi connectivity index (χ0) is 9.84. The molecule has 0 saturated heterocycles. The van der Waals surface area contributed by atoms with E-state index in [4.69, 9.17) is 11.6 Å². The first kappa shape index (κ1) is 9.92. The van der Waals surface area contributed by atoms with E-state index < -0.39 is 11.8 Å². The lowest BCUT2D eigenvalue weighted by atomic mass is 10.3. The van der Waals surface area contributed by atoms with Crippen LogP contribution in [0.1, 0.15) is 5.69 Å². The number of pyridine rings is 1. The Morgan fingerprint density at radius 2 is 2.38 bits per heavy atom. The number of esters is 1. The van der Waals surface area contributed by atoms with Crippen molar-refractivity contribution < 1.29 is 13.9 Å². The number of nitrogens with zero attached hydrogens (tertiary/aromatic N) is 1. The maximum Gasteiger partial charge on any atom is 0.311 e. The van der Waals surface area contributed by atoms with E-state index in [9.17, 15) is 9.18 Å². The number of carbonyl (C=O) groups excluding carboxylic acids is 1. The van der Waals surface area contributed by atoms with Gasteiger partial charge in [-0.1, -0.05) is 11.6 Å². The summed E-state index contributed by atoms with van der Waals surface area (Å²) >= 11 is 5.40. The summed E-state index contributed by atoms with van der Waals surface area (Å²) in [7, 11) is 1.27. The lowest BCUT2D eigenvalue weighted by Crippen LogP contribution is -2.06. The van der Waals surface area contributed by atoms with Gasteiger partial charge in [0.05, 0.1) is 19.2 Å². The Morgan fingerprint density at radius 1 is 1.69 bits per heavy atom. The second-order valence-corrected chi connectivity index (χ2v) is 2.69. The van der Waals surface area contributed by atoms with Crippen LogP contribution in [0.2, 0.25) is 5.15 Å².